The summed E-state index contributed by atoms with van der Waals surface area (Å²) in [5.41, 5.74) is 2.32. The third kappa shape index (κ3) is 13.8. The summed E-state index contributed by atoms with van der Waals surface area (Å²) >= 11 is 0. The molecular weight excluding hydrogens is 757 g/mol. The maximum absolute atomic E-state index is 13.7. The Kier molecular flexibility index (Phi) is 16.7. The van der Waals surface area contributed by atoms with Crippen LogP contribution in [0.25, 0.3) is 0 Å². The van der Waals surface area contributed by atoms with E-state index in [0.29, 0.717) is 25.1 Å². The van der Waals surface area contributed by atoms with Crippen LogP contribution in [0, 0.1) is 5.92 Å². The molecule has 0 unspecified atom stereocenters. The van der Waals surface area contributed by atoms with Crippen LogP contribution in [0.15, 0.2) is 84.9 Å². The molecule has 0 aliphatic carbocycles. The van der Waals surface area contributed by atoms with Gasteiger partial charge in [-0.25, -0.2) is 0 Å². The first kappa shape index (κ1) is 45.1. The summed E-state index contributed by atoms with van der Waals surface area (Å²) in [6.07, 6.45) is 1.17. The lowest BCUT2D eigenvalue weighted by molar-refractivity contribution is -0.141. The van der Waals surface area contributed by atoms with Crippen molar-refractivity contribution in [2.45, 2.75) is 90.6 Å². The van der Waals surface area contributed by atoms with Crippen molar-refractivity contribution in [3.63, 3.8) is 0 Å². The number of likely N-dealkylation sites (tertiary alicyclic amines) is 1. The molecule has 3 aromatic carbocycles. The van der Waals surface area contributed by atoms with Crippen LogP contribution in [-0.2, 0) is 46.5 Å². The third-order valence-electron chi connectivity index (χ3n) is 9.71. The van der Waals surface area contributed by atoms with E-state index in [2.05, 4.69) is 37.2 Å². The Balaban J connectivity index is 1.31. The molecule has 8 amide bonds. The minimum absolute atomic E-state index is 0.218. The number of carbonyl (C=O) groups is 8. The first-order valence-electron chi connectivity index (χ1n) is 19.6. The van der Waals surface area contributed by atoms with E-state index in [1.54, 1.807) is 13.8 Å². The molecule has 1 fully saturated rings. The Bertz CT molecular complexity index is 1960. The van der Waals surface area contributed by atoms with Crippen LogP contribution in [0.4, 0.5) is 5.69 Å². The van der Waals surface area contributed by atoms with Crippen molar-refractivity contribution in [2.24, 2.45) is 5.92 Å². The molecule has 3 aromatic rings. The number of anilines is 1. The molecule has 5 atom stereocenters. The number of benzene rings is 3. The maximum atomic E-state index is 13.7. The molecule has 0 radical (unpaired) electrons. The van der Waals surface area contributed by atoms with Crippen molar-refractivity contribution in [1.82, 2.24) is 36.8 Å². The molecule has 1 aliphatic heterocycles. The average molecular weight is 811 g/mol. The summed E-state index contributed by atoms with van der Waals surface area (Å²) in [6, 6.07) is 20.1. The molecule has 0 bridgehead atoms. The van der Waals surface area contributed by atoms with Gasteiger partial charge in [0, 0.05) is 37.7 Å². The van der Waals surface area contributed by atoms with Crippen LogP contribution in [0.5, 0.6) is 0 Å². The molecule has 59 heavy (non-hydrogen) atoms. The standard InChI is InChI=1S/C43H54N8O8/c1-26(2)37(42(58)49-34(23-30-13-8-6-9-14-30)40(56)45-24-31-15-10-7-11-16-31)50-39(55)32-18-20-33(21-19-32)48-38(54)27(3)47-41(57)35-17-12-22-51(35)43(59)28(4)46-36(53)25-44-29(5)52/h6-11,13-16,18-21,26-28,34-35,37H,12,17,22-25H2,1-5H3,(H,44,52)(H,45,56)(H,46,53)(H,47,57)(H,48,54)(H,49,58)(H,50,55)/t27-,28-,34-,35-,37-/m0/s1. The molecule has 1 aliphatic rings. The van der Waals surface area contributed by atoms with Crippen molar-refractivity contribution < 1.29 is 38.4 Å². The summed E-state index contributed by atoms with van der Waals surface area (Å²) in [6.45, 7) is 8.11. The van der Waals surface area contributed by atoms with Crippen molar-refractivity contribution in [3.05, 3.63) is 102 Å². The van der Waals surface area contributed by atoms with Crippen LogP contribution in [-0.4, -0.2) is 95.5 Å². The van der Waals surface area contributed by atoms with Gasteiger partial charge in [0.1, 0.15) is 30.2 Å². The second-order valence-corrected chi connectivity index (χ2v) is 14.8. The van der Waals surface area contributed by atoms with E-state index in [1.165, 1.54) is 49.9 Å². The Hall–Kier alpha value is -6.58. The van der Waals surface area contributed by atoms with Gasteiger partial charge in [0.2, 0.25) is 41.4 Å². The van der Waals surface area contributed by atoms with Gasteiger partial charge in [0.25, 0.3) is 5.91 Å². The second-order valence-electron chi connectivity index (χ2n) is 14.8. The zero-order valence-corrected chi connectivity index (χ0v) is 34.0. The largest absolute Gasteiger partial charge is 0.350 e. The van der Waals surface area contributed by atoms with Gasteiger partial charge in [-0.3, -0.25) is 38.4 Å². The van der Waals surface area contributed by atoms with Crippen LogP contribution >= 0.6 is 0 Å². The minimum atomic E-state index is -0.991. The molecule has 0 aromatic heterocycles. The van der Waals surface area contributed by atoms with Crippen LogP contribution in [0.3, 0.4) is 0 Å². The molecule has 4 rings (SSSR count). The Morgan fingerprint density at radius 1 is 0.678 bits per heavy atom. The first-order valence-corrected chi connectivity index (χ1v) is 19.6. The van der Waals surface area contributed by atoms with Crippen molar-refractivity contribution >= 4 is 52.9 Å². The van der Waals surface area contributed by atoms with Crippen molar-refractivity contribution in [3.8, 4) is 0 Å². The number of hydrogen-bond acceptors (Lipinski definition) is 8. The van der Waals surface area contributed by atoms with Crippen LogP contribution in [0.1, 0.15) is 68.9 Å². The third-order valence-corrected chi connectivity index (χ3v) is 9.71. The predicted molar refractivity (Wildman–Crippen MR) is 220 cm³/mol. The van der Waals surface area contributed by atoms with Gasteiger partial charge in [0.05, 0.1) is 6.54 Å². The lowest BCUT2D eigenvalue weighted by atomic mass is 10.0. The zero-order valence-electron chi connectivity index (χ0n) is 34.0. The molecule has 16 heteroatoms. The second kappa shape index (κ2) is 21.8. The fourth-order valence-corrected chi connectivity index (χ4v) is 6.43. The minimum Gasteiger partial charge on any atom is -0.350 e. The topological polar surface area (TPSA) is 224 Å². The number of carbonyl (C=O) groups excluding carboxylic acids is 8. The van der Waals surface area contributed by atoms with E-state index in [1.807, 2.05) is 60.7 Å². The molecule has 0 spiro atoms. The number of nitrogens with one attached hydrogen (secondary N) is 7. The van der Waals surface area contributed by atoms with Gasteiger partial charge in [-0.05, 0) is 68.0 Å². The SMILES string of the molecule is CC(=O)NCC(=O)N[C@@H](C)C(=O)N1CCC[C@H]1C(=O)N[C@@H](C)C(=O)Nc1ccc(C(=O)N[C@H](C(=O)N[C@@H](Cc2ccccc2)C(=O)NCc2ccccc2)C(C)C)cc1. The van der Waals surface area contributed by atoms with Crippen molar-refractivity contribution in [2.75, 3.05) is 18.4 Å². The fraction of sp³-hybridized carbons (Fsp3) is 0.395. The highest BCUT2D eigenvalue weighted by atomic mass is 16.2. The average Bonchev–Trinajstić information content (AvgIpc) is 3.72. The van der Waals surface area contributed by atoms with E-state index in [0.717, 1.165) is 11.1 Å². The monoisotopic (exact) mass is 810 g/mol. The molecule has 7 N–H and O–H groups in total. The van der Waals surface area contributed by atoms with Gasteiger partial charge in [-0.15, -0.1) is 0 Å². The summed E-state index contributed by atoms with van der Waals surface area (Å²) in [5.74, 6) is -4.22. The summed E-state index contributed by atoms with van der Waals surface area (Å²) in [5, 5.41) is 18.8. The number of nitrogens with zero attached hydrogens (tertiary/aromatic N) is 1. The number of hydrogen-bond donors (Lipinski definition) is 7. The number of rotatable bonds is 18. The van der Waals surface area contributed by atoms with Crippen LogP contribution in [0.2, 0.25) is 0 Å². The highest BCUT2D eigenvalue weighted by Gasteiger charge is 2.37. The normalized spacial score (nSPS) is 15.4. The van der Waals surface area contributed by atoms with E-state index < -0.39 is 65.7 Å². The van der Waals surface area contributed by atoms with Gasteiger partial charge in [-0.2, -0.15) is 0 Å². The van der Waals surface area contributed by atoms with E-state index in [-0.39, 0.29) is 42.8 Å². The van der Waals surface area contributed by atoms with E-state index in [9.17, 15) is 38.4 Å². The molecular formula is C43H54N8O8. The summed E-state index contributed by atoms with van der Waals surface area (Å²) < 4.78 is 0. The van der Waals surface area contributed by atoms with E-state index in [4.69, 9.17) is 0 Å². The molecule has 1 saturated heterocycles. The maximum Gasteiger partial charge on any atom is 0.251 e. The summed E-state index contributed by atoms with van der Waals surface area (Å²) in [7, 11) is 0. The smallest absolute Gasteiger partial charge is 0.251 e. The Morgan fingerprint density at radius 3 is 1.92 bits per heavy atom. The van der Waals surface area contributed by atoms with Crippen molar-refractivity contribution in [1.29, 1.82) is 0 Å². The van der Waals surface area contributed by atoms with Crippen LogP contribution < -0.4 is 37.2 Å². The lowest BCUT2D eigenvalue weighted by Crippen LogP contribution is -2.56. The van der Waals surface area contributed by atoms with Gasteiger partial charge >= 0.3 is 0 Å². The molecule has 1 heterocycles. The molecule has 16 nitrogen and oxygen atoms in total. The Labute approximate surface area is 344 Å². The molecule has 314 valence electrons. The fourth-order valence-electron chi connectivity index (χ4n) is 6.43. The predicted octanol–water partition coefficient (Wildman–Crippen LogP) is 1.56. The summed E-state index contributed by atoms with van der Waals surface area (Å²) in [4.78, 5) is 104. The van der Waals surface area contributed by atoms with Gasteiger partial charge < -0.3 is 42.1 Å². The van der Waals surface area contributed by atoms with Gasteiger partial charge in [0.15, 0.2) is 0 Å². The first-order chi connectivity index (χ1) is 28.1. The van der Waals surface area contributed by atoms with Gasteiger partial charge in [-0.1, -0.05) is 74.5 Å². The van der Waals surface area contributed by atoms with E-state index >= 15 is 0 Å². The highest BCUT2D eigenvalue weighted by molar-refractivity contribution is 6.01. The quantitative estimate of drug-likeness (QED) is 0.0997. The number of amides is 8. The Morgan fingerprint density at radius 2 is 1.31 bits per heavy atom. The lowest BCUT2D eigenvalue weighted by Gasteiger charge is -2.28. The molecule has 0 saturated carbocycles. The zero-order chi connectivity index (χ0) is 43.1. The highest BCUT2D eigenvalue weighted by Crippen LogP contribution is 2.19.